The zero-order valence-corrected chi connectivity index (χ0v) is 16.9. The lowest BCUT2D eigenvalue weighted by Crippen LogP contribution is -2.14. The topological polar surface area (TPSA) is 76.5 Å². The summed E-state index contributed by atoms with van der Waals surface area (Å²) in [5, 5.41) is 3.92. The highest BCUT2D eigenvalue weighted by Crippen LogP contribution is 2.45. The molecule has 30 heavy (non-hydrogen) atoms. The lowest BCUT2D eigenvalue weighted by atomic mass is 10.0. The van der Waals surface area contributed by atoms with Crippen molar-refractivity contribution in [2.75, 3.05) is 7.11 Å². The number of rotatable bonds is 4. The van der Waals surface area contributed by atoms with Gasteiger partial charge in [0.2, 0.25) is 0 Å². The van der Waals surface area contributed by atoms with Gasteiger partial charge in [0.1, 0.15) is 0 Å². The van der Waals surface area contributed by atoms with E-state index >= 15 is 0 Å². The highest BCUT2D eigenvalue weighted by Gasteiger charge is 2.30. The quantitative estimate of drug-likeness (QED) is 0.487. The van der Waals surface area contributed by atoms with Gasteiger partial charge in [0.05, 0.1) is 18.4 Å². The van der Waals surface area contributed by atoms with Crippen molar-refractivity contribution in [1.29, 1.82) is 0 Å². The fourth-order valence-corrected chi connectivity index (χ4v) is 3.79. The molecule has 2 heterocycles. The number of hydrogen-bond donors (Lipinski definition) is 1. The Morgan fingerprint density at radius 2 is 1.77 bits per heavy atom. The summed E-state index contributed by atoms with van der Waals surface area (Å²) < 4.78 is 6.25. The molecule has 1 aliphatic rings. The van der Waals surface area contributed by atoms with Crippen molar-refractivity contribution in [2.45, 2.75) is 18.8 Å². The van der Waals surface area contributed by atoms with Crippen LogP contribution in [-0.4, -0.2) is 27.7 Å². The van der Waals surface area contributed by atoms with E-state index in [0.717, 1.165) is 35.2 Å². The number of benzene rings is 2. The van der Waals surface area contributed by atoms with Crippen LogP contribution in [0.4, 0.5) is 0 Å². The third-order valence-electron chi connectivity index (χ3n) is 5.36. The number of halogens is 1. The van der Waals surface area contributed by atoms with Gasteiger partial charge in [-0.2, -0.15) is 0 Å². The average Bonchev–Trinajstić information content (AvgIpc) is 3.54. The highest BCUT2D eigenvalue weighted by molar-refractivity contribution is 6.30. The number of H-pyrrole nitrogens is 1. The minimum Gasteiger partial charge on any atom is -0.465 e. The third kappa shape index (κ3) is 3.19. The molecule has 0 unspecified atom stereocenters. The smallest absolute Gasteiger partial charge is 0.337 e. The number of nitrogens with zero attached hydrogens (tertiary/aromatic N) is 2. The van der Waals surface area contributed by atoms with E-state index in [2.05, 4.69) is 5.10 Å². The number of hydrogen-bond acceptors (Lipinski definition) is 4. The van der Waals surface area contributed by atoms with Gasteiger partial charge < -0.3 is 4.74 Å². The van der Waals surface area contributed by atoms with Gasteiger partial charge in [-0.1, -0.05) is 35.9 Å². The van der Waals surface area contributed by atoms with Crippen LogP contribution in [0.1, 0.15) is 34.8 Å². The normalized spacial score (nSPS) is 13.5. The van der Waals surface area contributed by atoms with Gasteiger partial charge in [-0.25, -0.2) is 14.3 Å². The van der Waals surface area contributed by atoms with Gasteiger partial charge in [0.15, 0.2) is 5.65 Å². The van der Waals surface area contributed by atoms with Crippen molar-refractivity contribution in [3.05, 3.63) is 81.2 Å². The molecule has 6 nitrogen and oxygen atoms in total. The van der Waals surface area contributed by atoms with Crippen LogP contribution < -0.4 is 5.56 Å². The Labute approximate surface area is 177 Å². The van der Waals surface area contributed by atoms with Crippen molar-refractivity contribution >= 4 is 23.2 Å². The van der Waals surface area contributed by atoms with Crippen LogP contribution in [0.2, 0.25) is 5.02 Å². The minimum atomic E-state index is -0.408. The van der Waals surface area contributed by atoms with E-state index in [1.165, 1.54) is 17.7 Å². The number of esters is 1. The number of methoxy groups -OCH3 is 1. The molecule has 0 saturated heterocycles. The first-order chi connectivity index (χ1) is 14.5. The second-order valence-corrected chi connectivity index (χ2v) is 7.83. The summed E-state index contributed by atoms with van der Waals surface area (Å²) in [6, 6.07) is 15.9. The molecule has 1 fully saturated rings. The number of aromatic amines is 1. The van der Waals surface area contributed by atoms with Crippen molar-refractivity contribution in [1.82, 2.24) is 14.6 Å². The van der Waals surface area contributed by atoms with Gasteiger partial charge in [0.25, 0.3) is 5.56 Å². The van der Waals surface area contributed by atoms with Gasteiger partial charge >= 0.3 is 5.97 Å². The summed E-state index contributed by atoms with van der Waals surface area (Å²) in [5.74, 6) is -0.00525. The molecule has 1 saturated carbocycles. The first kappa shape index (κ1) is 18.6. The minimum absolute atomic E-state index is 0.186. The number of carbonyl (C=O) groups excluding carboxylic acids is 1. The van der Waals surface area contributed by atoms with Crippen LogP contribution >= 0.6 is 11.6 Å². The molecule has 4 aromatic rings. The van der Waals surface area contributed by atoms with E-state index in [9.17, 15) is 9.59 Å². The molecule has 0 spiro atoms. The maximum absolute atomic E-state index is 12.9. The fraction of sp³-hybridized carbons (Fsp3) is 0.174. The third-order valence-corrected chi connectivity index (χ3v) is 5.62. The van der Waals surface area contributed by atoms with E-state index in [1.54, 1.807) is 24.3 Å². The van der Waals surface area contributed by atoms with Crippen molar-refractivity contribution in [2.24, 2.45) is 0 Å². The molecule has 2 aromatic carbocycles. The molecule has 0 aliphatic heterocycles. The van der Waals surface area contributed by atoms with E-state index in [4.69, 9.17) is 21.3 Å². The van der Waals surface area contributed by atoms with Crippen LogP contribution in [0, 0.1) is 0 Å². The summed E-state index contributed by atoms with van der Waals surface area (Å²) in [4.78, 5) is 29.4. The number of fused-ring (bicyclic) bond motifs is 1. The Bertz CT molecular complexity index is 1320. The molecule has 0 bridgehead atoms. The van der Waals surface area contributed by atoms with Crippen LogP contribution in [0.5, 0.6) is 0 Å². The Morgan fingerprint density at radius 3 is 2.40 bits per heavy atom. The fourth-order valence-electron chi connectivity index (χ4n) is 3.67. The van der Waals surface area contributed by atoms with Crippen molar-refractivity contribution in [3.63, 3.8) is 0 Å². The van der Waals surface area contributed by atoms with Crippen molar-refractivity contribution in [3.8, 4) is 22.4 Å². The second kappa shape index (κ2) is 7.15. The average molecular weight is 420 g/mol. The monoisotopic (exact) mass is 419 g/mol. The molecule has 0 radical (unpaired) electrons. The van der Waals surface area contributed by atoms with Crippen LogP contribution in [0.25, 0.3) is 28.0 Å². The standard InChI is InChI=1S/C23H18ClN3O3/c1-30-23(29)16-6-2-13(3-7-16)18-12-19(28)27-22(25-18)20(21(26-27)15-4-5-15)14-8-10-17(24)11-9-14/h2-3,6-12,15,26H,4-5H2,1H3. The first-order valence-corrected chi connectivity index (χ1v) is 10.0. The second-order valence-electron chi connectivity index (χ2n) is 7.39. The molecule has 0 amide bonds. The molecular weight excluding hydrogens is 402 g/mol. The molecule has 1 aliphatic carbocycles. The van der Waals surface area contributed by atoms with Gasteiger partial charge in [-0.3, -0.25) is 9.89 Å². The van der Waals surface area contributed by atoms with E-state index in [-0.39, 0.29) is 5.56 Å². The predicted molar refractivity (Wildman–Crippen MR) is 115 cm³/mol. The summed E-state index contributed by atoms with van der Waals surface area (Å²) in [6.45, 7) is 0. The first-order valence-electron chi connectivity index (χ1n) is 9.65. The predicted octanol–water partition coefficient (Wildman–Crippen LogP) is 4.67. The molecule has 0 atom stereocenters. The van der Waals surface area contributed by atoms with E-state index in [0.29, 0.717) is 27.8 Å². The molecular formula is C23H18ClN3O3. The molecule has 5 rings (SSSR count). The lowest BCUT2D eigenvalue weighted by molar-refractivity contribution is 0.0601. The van der Waals surface area contributed by atoms with Crippen LogP contribution in [0.15, 0.2) is 59.4 Å². The highest BCUT2D eigenvalue weighted by atomic mass is 35.5. The van der Waals surface area contributed by atoms with Crippen molar-refractivity contribution < 1.29 is 9.53 Å². The maximum Gasteiger partial charge on any atom is 0.337 e. The Hall–Kier alpha value is -3.38. The van der Waals surface area contributed by atoms with Crippen LogP contribution in [-0.2, 0) is 4.74 Å². The molecule has 7 heteroatoms. The van der Waals surface area contributed by atoms with E-state index in [1.807, 2.05) is 24.3 Å². The zero-order valence-electron chi connectivity index (χ0n) is 16.2. The largest absolute Gasteiger partial charge is 0.465 e. The van der Waals surface area contributed by atoms with Crippen LogP contribution in [0.3, 0.4) is 0 Å². The molecule has 1 N–H and O–H groups in total. The van der Waals surface area contributed by atoms with Gasteiger partial charge in [-0.05, 0) is 42.7 Å². The summed E-state index contributed by atoms with van der Waals surface area (Å²) in [7, 11) is 1.34. The lowest BCUT2D eigenvalue weighted by Gasteiger charge is -2.05. The zero-order chi connectivity index (χ0) is 20.8. The van der Waals surface area contributed by atoms with Gasteiger partial charge in [0, 0.05) is 33.8 Å². The number of ether oxygens (including phenoxy) is 1. The number of carbonyl (C=O) groups is 1. The molecule has 2 aromatic heterocycles. The summed E-state index contributed by atoms with van der Waals surface area (Å²) in [6.07, 6.45) is 2.17. The SMILES string of the molecule is COC(=O)c1ccc(-c2cc(=O)n3[nH]c(C4CC4)c(-c4ccc(Cl)cc4)c3n2)cc1. The Kier molecular flexibility index (Phi) is 4.44. The maximum atomic E-state index is 12.9. The Morgan fingerprint density at radius 1 is 1.10 bits per heavy atom. The summed E-state index contributed by atoms with van der Waals surface area (Å²) in [5.41, 5.74) is 5.06. The summed E-state index contributed by atoms with van der Waals surface area (Å²) >= 11 is 6.07. The van der Waals surface area contributed by atoms with E-state index < -0.39 is 5.97 Å². The van der Waals surface area contributed by atoms with Gasteiger partial charge in [-0.15, -0.1) is 0 Å². The number of nitrogens with one attached hydrogen (secondary N) is 1. The molecule has 150 valence electrons. The Balaban J connectivity index is 1.69. The number of aromatic nitrogens is 3.